The Morgan fingerprint density at radius 3 is 2.70 bits per heavy atom. The first-order valence-corrected chi connectivity index (χ1v) is 7.37. The van der Waals surface area contributed by atoms with Gasteiger partial charge in [0.25, 0.3) is 0 Å². The summed E-state index contributed by atoms with van der Waals surface area (Å²) in [7, 11) is 2.21. The summed E-state index contributed by atoms with van der Waals surface area (Å²) in [5, 5.41) is 3.50. The smallest absolute Gasteiger partial charge is 0.125 e. The van der Waals surface area contributed by atoms with Crippen LogP contribution in [-0.2, 0) is 0 Å². The third-order valence-electron chi connectivity index (χ3n) is 4.18. The first kappa shape index (κ1) is 13.4. The molecule has 0 aliphatic carbocycles. The van der Waals surface area contributed by atoms with Crippen LogP contribution in [0.1, 0.15) is 30.2 Å². The van der Waals surface area contributed by atoms with Gasteiger partial charge in [0.1, 0.15) is 5.76 Å². The largest absolute Gasteiger partial charge is 0.467 e. The molecule has 3 rings (SSSR count). The van der Waals surface area contributed by atoms with Crippen LogP contribution < -0.4 is 5.32 Å². The molecule has 2 atom stereocenters. The van der Waals surface area contributed by atoms with Crippen LogP contribution >= 0.6 is 0 Å². The number of nitrogens with zero attached hydrogens (tertiary/aromatic N) is 1. The van der Waals surface area contributed by atoms with E-state index in [4.69, 9.17) is 4.42 Å². The molecule has 20 heavy (non-hydrogen) atoms. The maximum Gasteiger partial charge on any atom is 0.125 e. The number of hydrogen-bond donors (Lipinski definition) is 1. The highest BCUT2D eigenvalue weighted by atomic mass is 16.3. The predicted molar refractivity (Wildman–Crippen MR) is 80.6 cm³/mol. The minimum atomic E-state index is 0.191. The minimum Gasteiger partial charge on any atom is -0.467 e. The summed E-state index contributed by atoms with van der Waals surface area (Å²) in [5.74, 6) is 1.02. The molecule has 1 aliphatic rings. The number of hydrogen-bond acceptors (Lipinski definition) is 3. The Balaban J connectivity index is 1.89. The molecule has 0 radical (unpaired) electrons. The fourth-order valence-corrected chi connectivity index (χ4v) is 3.07. The predicted octanol–water partition coefficient (Wildman–Crippen LogP) is 3.05. The van der Waals surface area contributed by atoms with E-state index in [-0.39, 0.29) is 6.04 Å². The molecule has 1 aromatic heterocycles. The lowest BCUT2D eigenvalue weighted by molar-refractivity contribution is 0.153. The fraction of sp³-hybridized carbons (Fsp3) is 0.412. The highest BCUT2D eigenvalue weighted by molar-refractivity contribution is 5.26. The molecule has 0 saturated carbocycles. The molecule has 1 aliphatic heterocycles. The van der Waals surface area contributed by atoms with E-state index in [1.54, 1.807) is 6.26 Å². The molecule has 2 aromatic rings. The lowest BCUT2D eigenvalue weighted by Gasteiger charge is -2.36. The number of nitrogens with one attached hydrogen (secondary N) is 1. The van der Waals surface area contributed by atoms with Crippen LogP contribution in [0.4, 0.5) is 0 Å². The van der Waals surface area contributed by atoms with Gasteiger partial charge in [-0.15, -0.1) is 0 Å². The number of benzene rings is 1. The summed E-state index contributed by atoms with van der Waals surface area (Å²) in [4.78, 5) is 2.44. The van der Waals surface area contributed by atoms with Crippen molar-refractivity contribution in [1.82, 2.24) is 10.2 Å². The molecule has 0 spiro atoms. The highest BCUT2D eigenvalue weighted by Gasteiger charge is 2.28. The second kappa shape index (κ2) is 6.25. The van der Waals surface area contributed by atoms with E-state index in [9.17, 15) is 0 Å². The Bertz CT molecular complexity index is 503. The molecule has 1 saturated heterocycles. The van der Waals surface area contributed by atoms with Crippen molar-refractivity contribution in [2.24, 2.45) is 0 Å². The average molecular weight is 270 g/mol. The summed E-state index contributed by atoms with van der Waals surface area (Å²) in [5.41, 5.74) is 1.29. The topological polar surface area (TPSA) is 28.4 Å². The molecule has 3 nitrogen and oxygen atoms in total. The quantitative estimate of drug-likeness (QED) is 0.925. The lowest BCUT2D eigenvalue weighted by Crippen LogP contribution is -2.45. The summed E-state index contributed by atoms with van der Waals surface area (Å²) < 4.78 is 5.70. The van der Waals surface area contributed by atoms with E-state index in [0.29, 0.717) is 6.04 Å². The summed E-state index contributed by atoms with van der Waals surface area (Å²) >= 11 is 0. The second-order valence-electron chi connectivity index (χ2n) is 5.49. The number of likely N-dealkylation sites (N-methyl/N-ethyl adjacent to an activating group) is 1. The van der Waals surface area contributed by atoms with Crippen LogP contribution in [0.5, 0.6) is 0 Å². The van der Waals surface area contributed by atoms with Gasteiger partial charge in [0.2, 0.25) is 0 Å². The maximum atomic E-state index is 5.70. The van der Waals surface area contributed by atoms with Crippen molar-refractivity contribution in [3.05, 3.63) is 60.1 Å². The maximum absolute atomic E-state index is 5.70. The average Bonchev–Trinajstić information content (AvgIpc) is 3.03. The van der Waals surface area contributed by atoms with Gasteiger partial charge in [-0.25, -0.2) is 0 Å². The normalized spacial score (nSPS) is 21.0. The number of furan rings is 1. The van der Waals surface area contributed by atoms with Gasteiger partial charge in [0.15, 0.2) is 0 Å². The minimum absolute atomic E-state index is 0.191. The fourth-order valence-electron chi connectivity index (χ4n) is 3.07. The van der Waals surface area contributed by atoms with E-state index >= 15 is 0 Å². The van der Waals surface area contributed by atoms with Gasteiger partial charge in [-0.05, 0) is 44.1 Å². The summed E-state index contributed by atoms with van der Waals surface area (Å²) in [6.07, 6.45) is 4.25. The molecule has 2 unspecified atom stereocenters. The van der Waals surface area contributed by atoms with Crippen LogP contribution in [-0.4, -0.2) is 31.1 Å². The third-order valence-corrected chi connectivity index (χ3v) is 4.18. The molecule has 3 heteroatoms. The second-order valence-corrected chi connectivity index (χ2v) is 5.49. The van der Waals surface area contributed by atoms with Crippen LogP contribution in [0.3, 0.4) is 0 Å². The van der Waals surface area contributed by atoms with E-state index in [1.165, 1.54) is 18.4 Å². The van der Waals surface area contributed by atoms with Crippen molar-refractivity contribution >= 4 is 0 Å². The van der Waals surface area contributed by atoms with Crippen LogP contribution in [0.2, 0.25) is 0 Å². The van der Waals surface area contributed by atoms with Gasteiger partial charge in [-0.1, -0.05) is 30.3 Å². The van der Waals surface area contributed by atoms with Crippen molar-refractivity contribution in [2.75, 3.05) is 20.1 Å². The van der Waals surface area contributed by atoms with Crippen LogP contribution in [0, 0.1) is 0 Å². The molecule has 1 aromatic carbocycles. The first-order valence-electron chi connectivity index (χ1n) is 7.37. The molecule has 0 amide bonds. The molecular weight excluding hydrogens is 248 g/mol. The zero-order chi connectivity index (χ0) is 13.8. The Labute approximate surface area is 120 Å². The van der Waals surface area contributed by atoms with Gasteiger partial charge in [-0.2, -0.15) is 0 Å². The van der Waals surface area contributed by atoms with Crippen molar-refractivity contribution in [3.63, 3.8) is 0 Å². The monoisotopic (exact) mass is 270 g/mol. The zero-order valence-corrected chi connectivity index (χ0v) is 12.0. The molecule has 1 N–H and O–H groups in total. The Hall–Kier alpha value is -1.58. The zero-order valence-electron chi connectivity index (χ0n) is 12.0. The van der Waals surface area contributed by atoms with Gasteiger partial charge >= 0.3 is 0 Å². The third kappa shape index (κ3) is 2.79. The highest BCUT2D eigenvalue weighted by Crippen LogP contribution is 2.30. The van der Waals surface area contributed by atoms with Crippen molar-refractivity contribution < 1.29 is 4.42 Å². The van der Waals surface area contributed by atoms with E-state index in [1.807, 2.05) is 6.07 Å². The molecule has 2 heterocycles. The Morgan fingerprint density at radius 2 is 2.05 bits per heavy atom. The van der Waals surface area contributed by atoms with E-state index in [2.05, 4.69) is 53.7 Å². The van der Waals surface area contributed by atoms with Crippen molar-refractivity contribution in [2.45, 2.75) is 24.9 Å². The van der Waals surface area contributed by atoms with Gasteiger partial charge in [-0.3, -0.25) is 4.90 Å². The Kier molecular flexibility index (Phi) is 4.19. The van der Waals surface area contributed by atoms with Crippen molar-refractivity contribution in [1.29, 1.82) is 0 Å². The van der Waals surface area contributed by atoms with Crippen molar-refractivity contribution in [3.8, 4) is 0 Å². The van der Waals surface area contributed by atoms with E-state index in [0.717, 1.165) is 18.8 Å². The van der Waals surface area contributed by atoms with Gasteiger partial charge in [0.05, 0.1) is 12.3 Å². The van der Waals surface area contributed by atoms with Crippen LogP contribution in [0.25, 0.3) is 0 Å². The van der Waals surface area contributed by atoms with E-state index < -0.39 is 0 Å². The standard InChI is InChI=1S/C17H22N2O/c1-19(15-9-5-11-18-13-15)17(16-10-6-12-20-16)14-7-3-2-4-8-14/h2-4,6-8,10,12,15,17-18H,5,9,11,13H2,1H3. The number of rotatable bonds is 4. The molecule has 1 fully saturated rings. The van der Waals surface area contributed by atoms with Crippen LogP contribution in [0.15, 0.2) is 53.1 Å². The molecule has 0 bridgehead atoms. The first-order chi connectivity index (χ1) is 9.86. The van der Waals surface area contributed by atoms with Gasteiger partial charge in [0, 0.05) is 12.6 Å². The lowest BCUT2D eigenvalue weighted by atomic mass is 9.98. The molecule has 106 valence electrons. The number of piperidine rings is 1. The van der Waals surface area contributed by atoms with Gasteiger partial charge < -0.3 is 9.73 Å². The Morgan fingerprint density at radius 1 is 1.20 bits per heavy atom. The summed E-state index contributed by atoms with van der Waals surface area (Å²) in [6, 6.07) is 15.4. The SMILES string of the molecule is CN(C1CCCNC1)C(c1ccccc1)c1ccco1. The molecular formula is C17H22N2O. The summed E-state index contributed by atoms with van der Waals surface area (Å²) in [6.45, 7) is 2.20.